The summed E-state index contributed by atoms with van der Waals surface area (Å²) in [5.74, 6) is 0. The molecule has 1 atom stereocenters. The van der Waals surface area contributed by atoms with Crippen molar-refractivity contribution in [3.8, 4) is 0 Å². The second-order valence-electron chi connectivity index (χ2n) is 2.82. The molecule has 0 bridgehead atoms. The van der Waals surface area contributed by atoms with Gasteiger partial charge in [0.2, 0.25) is 0 Å². The van der Waals surface area contributed by atoms with Crippen LogP contribution in [0.15, 0.2) is 0 Å². The van der Waals surface area contributed by atoms with E-state index >= 15 is 0 Å². The van der Waals surface area contributed by atoms with Crippen molar-refractivity contribution in [2.45, 2.75) is 46.2 Å². The van der Waals surface area contributed by atoms with Crippen molar-refractivity contribution in [3.05, 3.63) is 0 Å². The van der Waals surface area contributed by atoms with Crippen molar-refractivity contribution in [1.82, 2.24) is 5.32 Å². The van der Waals surface area contributed by atoms with Crippen molar-refractivity contribution in [2.24, 2.45) is 11.1 Å². The fraction of sp³-hybridized carbons (Fsp3) is 0.833. The molecule has 106 valence electrons. The van der Waals surface area contributed by atoms with Crippen molar-refractivity contribution in [1.29, 1.82) is 0 Å². The topological polar surface area (TPSA) is 90.7 Å². The molecule has 6 nitrogen and oxygen atoms in total. The summed E-state index contributed by atoms with van der Waals surface area (Å²) in [4.78, 5) is 23.5. The SMILES string of the molecule is [2H]C([2H])C(COC(N)=O)(C([2H])([2H])OC(=O)NC([2H])(C([2H])([2H])[2H])C([2H])([2H])[2H])C([2H])([2H])C([2H])([2H])C([2H])([2H])[2H]. The lowest BCUT2D eigenvalue weighted by molar-refractivity contribution is 0.0333. The van der Waals surface area contributed by atoms with Gasteiger partial charge in [-0.1, -0.05) is 20.1 Å². The van der Waals surface area contributed by atoms with Gasteiger partial charge in [-0.3, -0.25) is 0 Å². The van der Waals surface area contributed by atoms with Gasteiger partial charge in [0.15, 0.2) is 0 Å². The Morgan fingerprint density at radius 1 is 1.56 bits per heavy atom. The molecule has 0 rings (SSSR count). The van der Waals surface area contributed by atoms with Gasteiger partial charge in [-0.2, -0.15) is 0 Å². The molecule has 2 amide bonds. The Balaban J connectivity index is 6.96. The Morgan fingerprint density at radius 3 is 2.89 bits per heavy atom. The number of primary amides is 1. The van der Waals surface area contributed by atoms with Crippen LogP contribution in [0.1, 0.15) is 64.9 Å². The Morgan fingerprint density at radius 2 is 2.33 bits per heavy atom. The lowest BCUT2D eigenvalue weighted by Crippen LogP contribution is -2.37. The minimum absolute atomic E-state index is 1.08. The van der Waals surface area contributed by atoms with E-state index in [4.69, 9.17) is 30.4 Å². The van der Waals surface area contributed by atoms with E-state index in [1.165, 1.54) is 0 Å². The Kier molecular flexibility index (Phi) is 1.54. The van der Waals surface area contributed by atoms with Crippen molar-refractivity contribution >= 4 is 12.2 Å². The standard InChI is InChI=1S/C12H24N2O4/c1-5-6-12(4,7-17-10(13)15)8-18-11(16)14-9(2)3/h9H,5-8H2,1-4H3,(H2,13,15)(H,14,16)/i1D3,2D3,3D3,4D2,5D2,6D2,8D2,9D. The highest BCUT2D eigenvalue weighted by Gasteiger charge is 2.27. The first-order valence-corrected chi connectivity index (χ1v) is 4.24. The molecule has 3 N–H and O–H groups in total. The van der Waals surface area contributed by atoms with Crippen LogP contribution in [-0.2, 0) is 9.47 Å². The zero-order chi connectivity index (χ0) is 29.6. The van der Waals surface area contributed by atoms with E-state index in [0.29, 0.717) is 0 Å². The number of alkyl carbamates (subject to hydrolysis) is 1. The highest BCUT2D eigenvalue weighted by molar-refractivity contribution is 5.67. The van der Waals surface area contributed by atoms with E-state index in [2.05, 4.69) is 9.47 Å². The van der Waals surface area contributed by atoms with Crippen molar-refractivity contribution in [2.75, 3.05) is 13.2 Å². The van der Waals surface area contributed by atoms with Gasteiger partial charge in [-0.25, -0.2) is 9.59 Å². The van der Waals surface area contributed by atoms with Gasteiger partial charge < -0.3 is 20.5 Å². The third-order valence-corrected chi connectivity index (χ3v) is 1.28. The first-order valence-electron chi connectivity index (χ1n) is 13.4. The predicted molar refractivity (Wildman–Crippen MR) is 68.2 cm³/mol. The molecule has 0 aromatic heterocycles. The number of nitrogens with two attached hydrogens (primary N) is 1. The number of rotatable bonds is 7. The summed E-state index contributed by atoms with van der Waals surface area (Å²) in [6.07, 6.45) is -12.5. The number of hydrogen-bond acceptors (Lipinski definition) is 4. The molecule has 0 aliphatic carbocycles. The maximum absolute atomic E-state index is 12.4. The monoisotopic (exact) mass is 278 g/mol. The van der Waals surface area contributed by atoms with Gasteiger partial charge in [-0.15, -0.1) is 0 Å². The van der Waals surface area contributed by atoms with Crippen LogP contribution in [0.25, 0.3) is 0 Å². The average molecular weight is 278 g/mol. The summed E-state index contributed by atoms with van der Waals surface area (Å²) < 4.78 is 145. The van der Waals surface area contributed by atoms with Crippen molar-refractivity contribution < 1.29 is 43.7 Å². The molecule has 0 saturated carbocycles. The number of carbonyl (C=O) groups is 2. The summed E-state index contributed by atoms with van der Waals surface area (Å²) in [5.41, 5.74) is 0.906. The molecule has 0 fully saturated rings. The van der Waals surface area contributed by atoms with Crippen LogP contribution >= 0.6 is 0 Å². The molecule has 1 unspecified atom stereocenters. The van der Waals surface area contributed by atoms with Gasteiger partial charge in [-0.05, 0) is 20.1 Å². The fourth-order valence-corrected chi connectivity index (χ4v) is 0.653. The third-order valence-electron chi connectivity index (χ3n) is 1.28. The Bertz CT molecular complexity index is 804. The molecule has 6 heteroatoms. The molecule has 0 aliphatic heterocycles. The first-order chi connectivity index (χ1) is 15.5. The molecule has 0 aromatic carbocycles. The van der Waals surface area contributed by atoms with E-state index < -0.39 is 77.0 Å². The molecule has 0 aromatic rings. The minimum Gasteiger partial charge on any atom is -0.449 e. The second-order valence-corrected chi connectivity index (χ2v) is 2.82. The van der Waals surface area contributed by atoms with Crippen LogP contribution in [0.3, 0.4) is 0 Å². The van der Waals surface area contributed by atoms with Gasteiger partial charge in [0.05, 0.1) is 4.11 Å². The molecular weight excluding hydrogens is 236 g/mol. The summed E-state index contributed by atoms with van der Waals surface area (Å²) in [6, 6.07) is -3.83. The zero-order valence-electron chi connectivity index (χ0n) is 27.0. The number of amides is 2. The van der Waals surface area contributed by atoms with E-state index in [0.717, 1.165) is 5.32 Å². The average Bonchev–Trinajstić information content (AvgIpc) is 2.57. The van der Waals surface area contributed by atoms with E-state index in [9.17, 15) is 9.59 Å². The smallest absolute Gasteiger partial charge is 0.407 e. The Hall–Kier alpha value is -1.46. The lowest BCUT2D eigenvalue weighted by atomic mass is 9.87. The van der Waals surface area contributed by atoms with E-state index in [1.54, 1.807) is 0 Å². The molecule has 0 heterocycles. The number of hydrogen-bond donors (Lipinski definition) is 2. The van der Waals surface area contributed by atoms with Gasteiger partial charge >= 0.3 is 12.2 Å². The quantitative estimate of drug-likeness (QED) is 0.745. The number of ether oxygens (including phenoxy) is 2. The number of carbonyl (C=O) groups excluding carboxylic acids is 2. The molecule has 0 aliphatic rings. The van der Waals surface area contributed by atoms with Crippen LogP contribution in [0, 0.1) is 5.41 Å². The van der Waals surface area contributed by atoms with Gasteiger partial charge in [0, 0.05) is 32.0 Å². The highest BCUT2D eigenvalue weighted by Crippen LogP contribution is 2.24. The first kappa shape index (κ1) is 3.55. The van der Waals surface area contributed by atoms with E-state index in [1.807, 2.05) is 0 Å². The molecule has 0 spiro atoms. The van der Waals surface area contributed by atoms with Gasteiger partial charge in [0.25, 0.3) is 0 Å². The molecular formula is C12H24N2O4. The van der Waals surface area contributed by atoms with Crippen LogP contribution in [0.4, 0.5) is 9.59 Å². The second kappa shape index (κ2) is 7.79. The lowest BCUT2D eigenvalue weighted by Gasteiger charge is -2.27. The minimum atomic E-state index is -4.22. The van der Waals surface area contributed by atoms with Crippen LogP contribution < -0.4 is 11.1 Å². The maximum Gasteiger partial charge on any atom is 0.407 e. The zero-order valence-corrected chi connectivity index (χ0v) is 8.99. The highest BCUT2D eigenvalue weighted by atomic mass is 16.6. The van der Waals surface area contributed by atoms with E-state index in [-0.39, 0.29) is 0 Å². The molecule has 0 radical (unpaired) electrons. The van der Waals surface area contributed by atoms with Gasteiger partial charge in [0.1, 0.15) is 13.2 Å². The predicted octanol–water partition coefficient (Wildman–Crippen LogP) is 2.02. The van der Waals surface area contributed by atoms with Crippen molar-refractivity contribution in [3.63, 3.8) is 0 Å². The largest absolute Gasteiger partial charge is 0.449 e. The fourth-order valence-electron chi connectivity index (χ4n) is 0.653. The summed E-state index contributed by atoms with van der Waals surface area (Å²) >= 11 is 0. The summed E-state index contributed by atoms with van der Waals surface area (Å²) in [5, 5.41) is 1.08. The van der Waals surface area contributed by atoms with Crippen LogP contribution in [-0.4, -0.2) is 31.4 Å². The summed E-state index contributed by atoms with van der Waals surface area (Å²) in [7, 11) is 0. The third kappa shape index (κ3) is 7.76. The molecule has 18 heavy (non-hydrogen) atoms. The Labute approximate surface area is 133 Å². The number of nitrogens with one attached hydrogen (secondary N) is 1. The summed E-state index contributed by atoms with van der Waals surface area (Å²) in [6.45, 7) is -20.6. The van der Waals surface area contributed by atoms with Crippen LogP contribution in [0.5, 0.6) is 0 Å². The molecule has 0 saturated heterocycles. The maximum atomic E-state index is 12.4. The van der Waals surface area contributed by atoms with Crippen LogP contribution in [0.2, 0.25) is 0 Å². The normalized spacial score (nSPS) is 33.8.